The molecule has 0 aromatic heterocycles. The molecule has 0 saturated carbocycles. The SMILES string of the molecule is COCOc1cc(OCCN)cc2c1C(=O)OC(C)[C@H](C)/C=C\C(OC(=O)c1ccccc1)C1OC(C)(C)OC1C/C=C/2. The van der Waals surface area contributed by atoms with Gasteiger partial charge in [-0.05, 0) is 57.0 Å². The Hall–Kier alpha value is -3.70. The third-order valence-electron chi connectivity index (χ3n) is 7.13. The van der Waals surface area contributed by atoms with Gasteiger partial charge in [0.2, 0.25) is 0 Å². The van der Waals surface area contributed by atoms with E-state index in [0.717, 1.165) is 0 Å². The quantitative estimate of drug-likeness (QED) is 0.256. The van der Waals surface area contributed by atoms with E-state index < -0.39 is 42.1 Å². The molecule has 10 nitrogen and oxygen atoms in total. The van der Waals surface area contributed by atoms with E-state index in [2.05, 4.69) is 0 Å². The number of nitrogens with two attached hydrogens (primary N) is 1. The number of ether oxygens (including phenoxy) is 7. The van der Waals surface area contributed by atoms with Gasteiger partial charge in [-0.25, -0.2) is 9.59 Å². The van der Waals surface area contributed by atoms with Crippen LogP contribution in [0.15, 0.2) is 60.7 Å². The van der Waals surface area contributed by atoms with Crippen molar-refractivity contribution in [1.29, 1.82) is 0 Å². The molecule has 4 unspecified atom stereocenters. The zero-order chi connectivity index (χ0) is 31.0. The van der Waals surface area contributed by atoms with Crippen LogP contribution in [0.5, 0.6) is 11.5 Å². The summed E-state index contributed by atoms with van der Waals surface area (Å²) in [4.78, 5) is 26.7. The van der Waals surface area contributed by atoms with Crippen LogP contribution < -0.4 is 15.2 Å². The van der Waals surface area contributed by atoms with E-state index in [4.69, 9.17) is 38.9 Å². The van der Waals surface area contributed by atoms with Gasteiger partial charge in [-0.3, -0.25) is 0 Å². The van der Waals surface area contributed by atoms with Gasteiger partial charge in [0.1, 0.15) is 42.0 Å². The third kappa shape index (κ3) is 8.45. The van der Waals surface area contributed by atoms with E-state index in [1.807, 2.05) is 39.0 Å². The van der Waals surface area contributed by atoms with E-state index in [0.29, 0.717) is 29.8 Å². The molecule has 10 heteroatoms. The summed E-state index contributed by atoms with van der Waals surface area (Å²) in [6, 6.07) is 12.1. The summed E-state index contributed by atoms with van der Waals surface area (Å²) < 4.78 is 41.1. The molecule has 2 aliphatic rings. The lowest BCUT2D eigenvalue weighted by Gasteiger charge is -2.25. The third-order valence-corrected chi connectivity index (χ3v) is 7.13. The maximum Gasteiger partial charge on any atom is 0.342 e. The number of hydrogen-bond donors (Lipinski definition) is 1. The highest BCUT2D eigenvalue weighted by molar-refractivity contribution is 5.97. The van der Waals surface area contributed by atoms with Gasteiger partial charge < -0.3 is 38.9 Å². The molecule has 0 bridgehead atoms. The Balaban J connectivity index is 1.74. The summed E-state index contributed by atoms with van der Waals surface area (Å²) in [5.74, 6) is -1.46. The Kier molecular flexibility index (Phi) is 11.0. The standard InChI is InChI=1S/C33H41NO9/c1-21-14-15-26(41-31(35)23-10-7-6-8-11-23)30-27(42-33(3,4)43-30)13-9-12-24-18-25(38-17-16-34)19-28(39-20-37-5)29(24)32(36)40-22(21)2/h6-12,14-15,18-19,21-22,26-27,30H,13,16-17,20,34H2,1-5H3/b12-9+,15-14-/t21-,22?,26?,27?,30?/m1/s1. The van der Waals surface area contributed by atoms with Crippen LogP contribution in [0.4, 0.5) is 0 Å². The number of methoxy groups -OCH3 is 1. The summed E-state index contributed by atoms with van der Waals surface area (Å²) in [6.07, 6.45) is 5.34. The van der Waals surface area contributed by atoms with Crippen LogP contribution >= 0.6 is 0 Å². The monoisotopic (exact) mass is 595 g/mol. The number of benzene rings is 2. The number of carbonyl (C=O) groups is 2. The minimum absolute atomic E-state index is 0.0778. The highest BCUT2D eigenvalue weighted by Gasteiger charge is 2.45. The maximum absolute atomic E-state index is 13.6. The van der Waals surface area contributed by atoms with Crippen molar-refractivity contribution >= 4 is 18.0 Å². The fourth-order valence-corrected chi connectivity index (χ4v) is 4.87. The van der Waals surface area contributed by atoms with Crippen molar-refractivity contribution in [3.8, 4) is 11.5 Å². The first-order chi connectivity index (χ1) is 20.6. The molecule has 0 aliphatic carbocycles. The predicted octanol–water partition coefficient (Wildman–Crippen LogP) is 4.91. The second-order valence-electron chi connectivity index (χ2n) is 10.9. The molecule has 1 fully saturated rings. The van der Waals surface area contributed by atoms with Crippen LogP contribution in [0.1, 0.15) is 60.4 Å². The van der Waals surface area contributed by atoms with Gasteiger partial charge in [-0.15, -0.1) is 0 Å². The van der Waals surface area contributed by atoms with Crippen LogP contribution in [0.2, 0.25) is 0 Å². The van der Waals surface area contributed by atoms with Gasteiger partial charge in [-0.1, -0.05) is 43.4 Å². The summed E-state index contributed by atoms with van der Waals surface area (Å²) in [5.41, 5.74) is 6.84. The summed E-state index contributed by atoms with van der Waals surface area (Å²) in [5, 5.41) is 0. The fourth-order valence-electron chi connectivity index (χ4n) is 4.87. The number of cyclic esters (lactones) is 1. The smallest absolute Gasteiger partial charge is 0.342 e. The topological polar surface area (TPSA) is 125 Å². The van der Waals surface area contributed by atoms with E-state index in [1.54, 1.807) is 55.5 Å². The molecule has 43 heavy (non-hydrogen) atoms. The van der Waals surface area contributed by atoms with Crippen molar-refractivity contribution in [2.75, 3.05) is 27.1 Å². The van der Waals surface area contributed by atoms with Crippen LogP contribution in [0, 0.1) is 5.92 Å². The van der Waals surface area contributed by atoms with Crippen LogP contribution in [0.25, 0.3) is 6.08 Å². The lowest BCUT2D eigenvalue weighted by atomic mass is 9.98. The molecule has 1 saturated heterocycles. The van der Waals surface area contributed by atoms with Gasteiger partial charge in [0.25, 0.3) is 0 Å². The van der Waals surface area contributed by atoms with E-state index in [9.17, 15) is 9.59 Å². The van der Waals surface area contributed by atoms with Crippen LogP contribution in [-0.2, 0) is 23.7 Å². The number of fused-ring (bicyclic) bond motifs is 2. The van der Waals surface area contributed by atoms with Crippen molar-refractivity contribution < 1.29 is 42.7 Å². The Morgan fingerprint density at radius 3 is 2.56 bits per heavy atom. The van der Waals surface area contributed by atoms with Crippen LogP contribution in [-0.4, -0.2) is 69.2 Å². The van der Waals surface area contributed by atoms with Gasteiger partial charge >= 0.3 is 11.9 Å². The molecule has 232 valence electrons. The highest BCUT2D eigenvalue weighted by atomic mass is 16.8. The summed E-state index contributed by atoms with van der Waals surface area (Å²) in [7, 11) is 1.49. The van der Waals surface area contributed by atoms with Crippen molar-refractivity contribution in [2.24, 2.45) is 11.7 Å². The van der Waals surface area contributed by atoms with Gasteiger partial charge in [0.05, 0.1) is 11.7 Å². The lowest BCUT2D eigenvalue weighted by Crippen LogP contribution is -2.37. The fraction of sp³-hybridized carbons (Fsp3) is 0.455. The molecule has 2 heterocycles. The minimum Gasteiger partial charge on any atom is -0.492 e. The molecular formula is C33H41NO9. The number of rotatable bonds is 8. The first-order valence-corrected chi connectivity index (χ1v) is 14.4. The molecule has 2 aromatic carbocycles. The average Bonchev–Trinajstić information content (AvgIpc) is 3.30. The van der Waals surface area contributed by atoms with Crippen LogP contribution in [0.3, 0.4) is 0 Å². The maximum atomic E-state index is 13.6. The zero-order valence-corrected chi connectivity index (χ0v) is 25.3. The average molecular weight is 596 g/mol. The molecule has 2 aromatic rings. The first-order valence-electron chi connectivity index (χ1n) is 14.4. The first kappa shape index (κ1) is 32.2. The highest BCUT2D eigenvalue weighted by Crippen LogP contribution is 2.36. The summed E-state index contributed by atoms with van der Waals surface area (Å²) >= 11 is 0. The predicted molar refractivity (Wildman–Crippen MR) is 160 cm³/mol. The molecular weight excluding hydrogens is 554 g/mol. The van der Waals surface area contributed by atoms with E-state index in [-0.39, 0.29) is 30.6 Å². The number of esters is 2. The molecule has 4 rings (SSSR count). The lowest BCUT2D eigenvalue weighted by molar-refractivity contribution is -0.152. The molecule has 2 N–H and O–H groups in total. The van der Waals surface area contributed by atoms with Crippen molar-refractivity contribution in [1.82, 2.24) is 0 Å². The van der Waals surface area contributed by atoms with Gasteiger partial charge in [0.15, 0.2) is 12.6 Å². The minimum atomic E-state index is -0.914. The Bertz CT molecular complexity index is 1310. The second-order valence-corrected chi connectivity index (χ2v) is 10.9. The Morgan fingerprint density at radius 2 is 1.84 bits per heavy atom. The van der Waals surface area contributed by atoms with Gasteiger partial charge in [0, 0.05) is 25.6 Å². The number of carbonyl (C=O) groups excluding carboxylic acids is 2. The van der Waals surface area contributed by atoms with Gasteiger partial charge in [-0.2, -0.15) is 0 Å². The Labute approximate surface area is 252 Å². The van der Waals surface area contributed by atoms with Crippen molar-refractivity contribution in [2.45, 2.75) is 64.3 Å². The second kappa shape index (κ2) is 14.7. The zero-order valence-electron chi connectivity index (χ0n) is 25.3. The van der Waals surface area contributed by atoms with Crippen molar-refractivity contribution in [3.05, 3.63) is 77.4 Å². The largest absolute Gasteiger partial charge is 0.492 e. The number of hydrogen-bond acceptors (Lipinski definition) is 10. The molecule has 0 amide bonds. The van der Waals surface area contributed by atoms with Crippen molar-refractivity contribution in [3.63, 3.8) is 0 Å². The molecule has 0 radical (unpaired) electrons. The summed E-state index contributed by atoms with van der Waals surface area (Å²) in [6.45, 7) is 7.88. The molecule has 2 aliphatic heterocycles. The molecule has 5 atom stereocenters. The van der Waals surface area contributed by atoms with E-state index in [1.165, 1.54) is 7.11 Å². The normalized spacial score (nSPS) is 26.7. The Morgan fingerprint density at radius 1 is 1.07 bits per heavy atom. The molecule has 0 spiro atoms. The van der Waals surface area contributed by atoms with E-state index >= 15 is 0 Å².